The van der Waals surface area contributed by atoms with Gasteiger partial charge in [0.1, 0.15) is 0 Å². The summed E-state index contributed by atoms with van der Waals surface area (Å²) < 4.78 is 22.7. The van der Waals surface area contributed by atoms with Gasteiger partial charge in [-0.25, -0.2) is 13.4 Å². The maximum atomic E-state index is 11.3. The zero-order chi connectivity index (χ0) is 14.9. The summed E-state index contributed by atoms with van der Waals surface area (Å²) in [5, 5.41) is 4.49. The number of aromatic amines is 1. The minimum Gasteiger partial charge on any atom is -0.380 e. The number of hydrogen-bond donors (Lipinski definition) is 2. The van der Waals surface area contributed by atoms with Crippen molar-refractivity contribution < 1.29 is 8.42 Å². The monoisotopic (exact) mass is 301 g/mol. The van der Waals surface area contributed by atoms with Crippen LogP contribution in [0.2, 0.25) is 0 Å². The van der Waals surface area contributed by atoms with Crippen molar-refractivity contribution in [3.05, 3.63) is 54.4 Å². The van der Waals surface area contributed by atoms with Gasteiger partial charge in [-0.2, -0.15) is 0 Å². The summed E-state index contributed by atoms with van der Waals surface area (Å²) in [6, 6.07) is 11.5. The highest BCUT2D eigenvalue weighted by Gasteiger charge is 2.07. The first kappa shape index (κ1) is 13.6. The highest BCUT2D eigenvalue weighted by Crippen LogP contribution is 2.16. The van der Waals surface area contributed by atoms with Crippen LogP contribution in [-0.4, -0.2) is 24.6 Å². The molecule has 0 fully saturated rings. The lowest BCUT2D eigenvalue weighted by atomic mass is 10.1. The van der Waals surface area contributed by atoms with Crippen molar-refractivity contribution in [2.24, 2.45) is 0 Å². The number of rotatable bonds is 4. The second-order valence-electron chi connectivity index (χ2n) is 4.91. The van der Waals surface area contributed by atoms with Crippen molar-refractivity contribution in [2.45, 2.75) is 11.6 Å². The summed E-state index contributed by atoms with van der Waals surface area (Å²) in [6.45, 7) is 0.648. The van der Waals surface area contributed by atoms with Crippen LogP contribution in [0.5, 0.6) is 0 Å². The summed E-state index contributed by atoms with van der Waals surface area (Å²) in [5.41, 5.74) is 3.02. The molecule has 3 rings (SSSR count). The average molecular weight is 301 g/mol. The Hall–Kier alpha value is -2.34. The van der Waals surface area contributed by atoms with Crippen LogP contribution < -0.4 is 5.32 Å². The van der Waals surface area contributed by atoms with Gasteiger partial charge in [-0.05, 0) is 35.2 Å². The molecule has 2 heterocycles. The van der Waals surface area contributed by atoms with Crippen LogP contribution in [0, 0.1) is 0 Å². The van der Waals surface area contributed by atoms with Gasteiger partial charge in [0, 0.05) is 24.5 Å². The van der Waals surface area contributed by atoms with Gasteiger partial charge in [0.15, 0.2) is 14.9 Å². The second kappa shape index (κ2) is 5.21. The van der Waals surface area contributed by atoms with E-state index in [9.17, 15) is 8.42 Å². The quantitative estimate of drug-likeness (QED) is 0.776. The maximum absolute atomic E-state index is 11.3. The third-order valence-electron chi connectivity index (χ3n) is 3.23. The molecule has 0 saturated heterocycles. The molecule has 2 N–H and O–H groups in total. The fraction of sp³-hybridized carbons (Fsp3) is 0.133. The van der Waals surface area contributed by atoms with E-state index in [1.165, 1.54) is 17.6 Å². The normalized spacial score (nSPS) is 11.7. The number of benzene rings is 1. The van der Waals surface area contributed by atoms with Gasteiger partial charge in [-0.15, -0.1) is 0 Å². The lowest BCUT2D eigenvalue weighted by molar-refractivity contribution is 0.598. The van der Waals surface area contributed by atoms with Crippen LogP contribution in [0.15, 0.2) is 53.8 Å². The Morgan fingerprint density at radius 1 is 1.19 bits per heavy atom. The molecular weight excluding hydrogens is 286 g/mol. The topological polar surface area (TPSA) is 74.8 Å². The Kier molecular flexibility index (Phi) is 3.39. The number of hydrogen-bond acceptors (Lipinski definition) is 4. The Balaban J connectivity index is 1.72. The number of nitrogens with one attached hydrogen (secondary N) is 2. The van der Waals surface area contributed by atoms with Gasteiger partial charge >= 0.3 is 0 Å². The predicted octanol–water partition coefficient (Wildman–Crippen LogP) is 2.58. The maximum Gasteiger partial charge on any atom is 0.192 e. The minimum atomic E-state index is -3.25. The Morgan fingerprint density at radius 3 is 2.76 bits per heavy atom. The van der Waals surface area contributed by atoms with Crippen molar-refractivity contribution in [1.29, 1.82) is 0 Å². The zero-order valence-electron chi connectivity index (χ0n) is 11.5. The van der Waals surface area contributed by atoms with Gasteiger partial charge in [0.2, 0.25) is 0 Å². The minimum absolute atomic E-state index is 0.0841. The molecule has 108 valence electrons. The molecule has 0 unspecified atom stereocenters. The number of nitrogens with zero attached hydrogens (tertiary/aromatic N) is 1. The number of anilines is 1. The summed E-state index contributed by atoms with van der Waals surface area (Å²) in [6.07, 6.45) is 4.59. The number of pyridine rings is 1. The molecule has 0 amide bonds. The summed E-state index contributed by atoms with van der Waals surface area (Å²) >= 11 is 0. The van der Waals surface area contributed by atoms with Crippen LogP contribution in [0.1, 0.15) is 5.56 Å². The van der Waals surface area contributed by atoms with E-state index in [1.54, 1.807) is 6.07 Å². The third kappa shape index (κ3) is 3.05. The van der Waals surface area contributed by atoms with Crippen molar-refractivity contribution >= 4 is 26.4 Å². The molecule has 0 saturated carbocycles. The first-order valence-electron chi connectivity index (χ1n) is 6.48. The van der Waals surface area contributed by atoms with Crippen LogP contribution in [0.3, 0.4) is 0 Å². The van der Waals surface area contributed by atoms with Gasteiger partial charge in [-0.1, -0.05) is 12.1 Å². The molecule has 0 spiro atoms. The SMILES string of the molecule is CS(=O)(=O)c1ccc(NCc2ccc3cc[nH]c3c2)cn1. The van der Waals surface area contributed by atoms with E-state index in [-0.39, 0.29) is 5.03 Å². The summed E-state index contributed by atoms with van der Waals surface area (Å²) in [5.74, 6) is 0. The molecular formula is C15H15N3O2S. The number of H-pyrrole nitrogens is 1. The molecule has 2 aromatic heterocycles. The fourth-order valence-corrected chi connectivity index (χ4v) is 2.67. The largest absolute Gasteiger partial charge is 0.380 e. The molecule has 21 heavy (non-hydrogen) atoms. The Morgan fingerprint density at radius 2 is 2.05 bits per heavy atom. The first-order valence-corrected chi connectivity index (χ1v) is 8.37. The number of aromatic nitrogens is 2. The predicted molar refractivity (Wildman–Crippen MR) is 83.0 cm³/mol. The standard InChI is InChI=1S/C15H15N3O2S/c1-21(19,20)15-5-4-13(10-18-15)17-9-11-2-3-12-6-7-16-14(12)8-11/h2-8,10,16-17H,9H2,1H3. The van der Waals surface area contributed by atoms with Crippen molar-refractivity contribution in [3.8, 4) is 0 Å². The summed E-state index contributed by atoms with van der Waals surface area (Å²) in [4.78, 5) is 7.12. The molecule has 6 heteroatoms. The Bertz CT molecular complexity index is 867. The molecule has 0 aliphatic carbocycles. The van der Waals surface area contributed by atoms with E-state index in [4.69, 9.17) is 0 Å². The van der Waals surface area contributed by atoms with E-state index in [0.29, 0.717) is 6.54 Å². The highest BCUT2D eigenvalue weighted by atomic mass is 32.2. The third-order valence-corrected chi connectivity index (χ3v) is 4.23. The first-order chi connectivity index (χ1) is 10.0. The van der Waals surface area contributed by atoms with E-state index >= 15 is 0 Å². The lowest BCUT2D eigenvalue weighted by Gasteiger charge is -2.07. The van der Waals surface area contributed by atoms with Gasteiger partial charge in [0.25, 0.3) is 0 Å². The molecule has 0 bridgehead atoms. The van der Waals surface area contributed by atoms with Crippen molar-refractivity contribution in [2.75, 3.05) is 11.6 Å². The van der Waals surface area contributed by atoms with E-state index in [2.05, 4.69) is 33.5 Å². The smallest absolute Gasteiger partial charge is 0.192 e. The van der Waals surface area contributed by atoms with E-state index < -0.39 is 9.84 Å². The number of sulfone groups is 1. The second-order valence-corrected chi connectivity index (χ2v) is 6.87. The molecule has 0 radical (unpaired) electrons. The van der Waals surface area contributed by atoms with Gasteiger partial charge in [-0.3, -0.25) is 0 Å². The van der Waals surface area contributed by atoms with Crippen molar-refractivity contribution in [3.63, 3.8) is 0 Å². The molecule has 0 aliphatic rings. The number of fused-ring (bicyclic) bond motifs is 1. The van der Waals surface area contributed by atoms with Gasteiger partial charge < -0.3 is 10.3 Å². The van der Waals surface area contributed by atoms with Crippen molar-refractivity contribution in [1.82, 2.24) is 9.97 Å². The molecule has 3 aromatic rings. The molecule has 0 atom stereocenters. The Labute approximate surface area is 123 Å². The zero-order valence-corrected chi connectivity index (χ0v) is 12.3. The van der Waals surface area contributed by atoms with E-state index in [0.717, 1.165) is 23.0 Å². The van der Waals surface area contributed by atoms with Crippen LogP contribution in [0.4, 0.5) is 5.69 Å². The highest BCUT2D eigenvalue weighted by molar-refractivity contribution is 7.90. The van der Waals surface area contributed by atoms with Gasteiger partial charge in [0.05, 0.1) is 11.9 Å². The van der Waals surface area contributed by atoms with Crippen LogP contribution in [-0.2, 0) is 16.4 Å². The molecule has 1 aromatic carbocycles. The molecule has 5 nitrogen and oxygen atoms in total. The lowest BCUT2D eigenvalue weighted by Crippen LogP contribution is -2.03. The van der Waals surface area contributed by atoms with Crippen LogP contribution >= 0.6 is 0 Å². The van der Waals surface area contributed by atoms with Crippen LogP contribution in [0.25, 0.3) is 10.9 Å². The summed E-state index contributed by atoms with van der Waals surface area (Å²) in [7, 11) is -3.25. The molecule has 0 aliphatic heterocycles. The fourth-order valence-electron chi connectivity index (χ4n) is 2.11. The average Bonchev–Trinajstić information content (AvgIpc) is 2.92. The van der Waals surface area contributed by atoms with E-state index in [1.807, 2.05) is 12.3 Å².